The van der Waals surface area contributed by atoms with E-state index in [-0.39, 0.29) is 90.3 Å². The molecule has 0 unspecified atom stereocenters. The molecule has 0 saturated heterocycles. The Balaban J connectivity index is 0.000000457. The normalized spacial score (nSPS) is 15.5. The predicted molar refractivity (Wildman–Crippen MR) is 300 cm³/mol. The number of aryl methyl sites for hydroxylation is 9. The van der Waals surface area contributed by atoms with Crippen molar-refractivity contribution in [3.8, 4) is 67.2 Å². The SMILES string of the molecule is CO.CO.O=S(=O)(O)C(F)(F)F.[2H]C([2H])([2H])c1cc(C([2H])([2H])[2H])c(-c2cccnc2-c2ccccc2)c(C([2H])([2H])[2H])c1.[2H]C([2H])([2H])c1cc(C)c(-c2cccnc2-c2[c-]cccc2)c(C([2H])([2H])[2H])c1.[2H]C([2H])([2H])c1cc(C)cc(C([2H])([2H])[2H])c1-c1cccnc1-c1[c-]cccc1.[Ir].[Ir]. The number of hydrogen-bond acceptors (Lipinski definition) is 7. The summed E-state index contributed by atoms with van der Waals surface area (Å²) in [6, 6.07) is 47.8. The molecular weight excluding hydrogens is 1350 g/mol. The third-order valence-corrected chi connectivity index (χ3v) is 10.8. The Morgan fingerprint density at radius 3 is 1.12 bits per heavy atom. The van der Waals surface area contributed by atoms with Crippen molar-refractivity contribution in [2.75, 3.05) is 14.2 Å². The van der Waals surface area contributed by atoms with Gasteiger partial charge in [-0.3, -0.25) is 9.54 Å². The number of hydrogen-bond donors (Lipinski definition) is 3. The summed E-state index contributed by atoms with van der Waals surface area (Å²) in [5, 5.41) is 14.0. The molecule has 3 heterocycles. The van der Waals surface area contributed by atoms with Crippen LogP contribution in [0.5, 0.6) is 0 Å². The summed E-state index contributed by atoms with van der Waals surface area (Å²) in [7, 11) is -3.84. The Morgan fingerprint density at radius 1 is 0.455 bits per heavy atom. The first kappa shape index (κ1) is 40.0. The number of aliphatic hydroxyl groups excluding tert-OH is 2. The van der Waals surface area contributed by atoms with Crippen LogP contribution in [0, 0.1) is 73.9 Å². The first-order chi connectivity index (χ1) is 44.2. The van der Waals surface area contributed by atoms with Crippen LogP contribution in [0.4, 0.5) is 13.2 Å². The van der Waals surface area contributed by atoms with Gasteiger partial charge in [-0.15, -0.1) is 71.8 Å². The summed E-state index contributed by atoms with van der Waals surface area (Å²) in [4.78, 5) is 13.2. The van der Waals surface area contributed by atoms with E-state index in [0.29, 0.717) is 61.6 Å². The Labute approximate surface area is 509 Å². The molecule has 0 spiro atoms. The number of aromatic nitrogens is 3. The van der Waals surface area contributed by atoms with Gasteiger partial charge in [-0.05, 0) is 153 Å². The van der Waals surface area contributed by atoms with Crippen LogP contribution in [-0.4, -0.2) is 57.9 Å². The van der Waals surface area contributed by atoms with E-state index in [1.165, 1.54) is 30.5 Å². The van der Waals surface area contributed by atoms with E-state index in [0.717, 1.165) is 31.9 Å². The van der Waals surface area contributed by atoms with Crippen LogP contribution >= 0.6 is 0 Å². The van der Waals surface area contributed by atoms with Crippen LogP contribution in [0.2, 0.25) is 0 Å². The number of halogens is 3. The molecule has 3 N–H and O–H groups in total. The molecular formula is C63H64F3Ir2N3O5S-2. The van der Waals surface area contributed by atoms with Crippen molar-refractivity contribution in [1.82, 2.24) is 15.0 Å². The minimum atomic E-state index is -5.84. The topological polar surface area (TPSA) is 134 Å². The molecule has 14 heteroatoms. The van der Waals surface area contributed by atoms with Gasteiger partial charge in [0, 0.05) is 113 Å². The maximum absolute atomic E-state index is 10.7. The number of alkyl halides is 3. The average molecular weight is 1440 g/mol. The zero-order valence-electron chi connectivity index (χ0n) is 62.4. The first-order valence-corrected chi connectivity index (χ1v) is 23.5. The molecule has 8 nitrogen and oxygen atoms in total. The van der Waals surface area contributed by atoms with Gasteiger partial charge in [-0.25, -0.2) is 0 Å². The summed E-state index contributed by atoms with van der Waals surface area (Å²) < 4.78 is 223. The molecule has 0 fully saturated rings. The fourth-order valence-corrected chi connectivity index (χ4v) is 7.31. The van der Waals surface area contributed by atoms with Gasteiger partial charge in [-0.1, -0.05) is 102 Å². The molecule has 0 bridgehead atoms. The molecule has 0 amide bonds. The van der Waals surface area contributed by atoms with E-state index in [1.807, 2.05) is 42.5 Å². The van der Waals surface area contributed by atoms with Crippen LogP contribution in [0.1, 0.15) is 78.9 Å². The van der Waals surface area contributed by atoms with Crippen molar-refractivity contribution in [2.45, 2.75) is 67.3 Å². The maximum atomic E-state index is 10.7. The van der Waals surface area contributed by atoms with Gasteiger partial charge in [0.25, 0.3) is 0 Å². The van der Waals surface area contributed by atoms with Crippen molar-refractivity contribution in [3.05, 3.63) is 232 Å². The Kier molecular flexibility index (Phi) is 16.5. The van der Waals surface area contributed by atoms with E-state index < -0.39 is 63.6 Å². The average Bonchev–Trinajstić information content (AvgIpc) is 0.762. The van der Waals surface area contributed by atoms with E-state index in [2.05, 4.69) is 27.1 Å². The molecule has 6 aromatic carbocycles. The largest absolute Gasteiger partial charge is 0.522 e. The minimum absolute atomic E-state index is 0. The Hall–Kier alpha value is -6.31. The predicted octanol–water partition coefficient (Wildman–Crippen LogP) is 15.2. The molecule has 9 aromatic rings. The summed E-state index contributed by atoms with van der Waals surface area (Å²) in [5.74, 6) is 0. The van der Waals surface area contributed by atoms with E-state index in [9.17, 15) is 13.2 Å². The second-order valence-corrected chi connectivity index (χ2v) is 16.8. The summed E-state index contributed by atoms with van der Waals surface area (Å²) in [5.41, 5.74) is 0.403. The molecule has 3 aromatic heterocycles. The number of pyridine rings is 3. The van der Waals surface area contributed by atoms with Crippen molar-refractivity contribution in [1.29, 1.82) is 0 Å². The van der Waals surface area contributed by atoms with Gasteiger partial charge in [0.05, 0.1) is 5.69 Å². The molecule has 0 aliphatic rings. The van der Waals surface area contributed by atoms with Gasteiger partial charge in [0.1, 0.15) is 0 Å². The number of aliphatic hydroxyl groups is 2. The Bertz CT molecular complexity index is 4090. The van der Waals surface area contributed by atoms with Crippen molar-refractivity contribution >= 4 is 10.1 Å². The van der Waals surface area contributed by atoms with Crippen molar-refractivity contribution in [3.63, 3.8) is 0 Å². The third-order valence-electron chi connectivity index (χ3n) is 10.3. The van der Waals surface area contributed by atoms with Gasteiger partial charge in [-0.2, -0.15) is 21.6 Å². The van der Waals surface area contributed by atoms with E-state index in [1.54, 1.807) is 99.0 Å². The fraction of sp³-hybridized carbons (Fsp3) is 0.190. The number of benzene rings is 6. The standard InChI is InChI=1S/C20H19N.2C20H18N.CHF3O3S.2CH4O.2Ir/c3*1-14-12-15(2)19(16(3)13-14)18-10-7-11-21-20(18)17-8-5-4-6-9-17;2-1(3,4)8(5,6)7;2*1-2;;/h4-13H,1-3H3;2*4-8,10-13H,1-3H3;(H,5,6,7);2*2H,1H3;;/q;2*-1;;;;;/i1D3,2D3,3D3;2D3,3D3;1D3,2D3;;;;;. The fourth-order valence-electron chi connectivity index (χ4n) is 7.31. The molecule has 0 atom stereocenters. The number of nitrogens with zero attached hydrogens (tertiary/aromatic N) is 3. The van der Waals surface area contributed by atoms with Crippen LogP contribution in [-0.2, 0) is 50.3 Å². The van der Waals surface area contributed by atoms with Crippen LogP contribution in [0.25, 0.3) is 67.2 Å². The van der Waals surface area contributed by atoms with Gasteiger partial charge >= 0.3 is 15.6 Å². The molecule has 77 heavy (non-hydrogen) atoms. The summed E-state index contributed by atoms with van der Waals surface area (Å²) >= 11 is 0. The maximum Gasteiger partial charge on any atom is 0.522 e. The third kappa shape index (κ3) is 18.4. The smallest absolute Gasteiger partial charge is 0.400 e. The van der Waals surface area contributed by atoms with Crippen LogP contribution in [0.3, 0.4) is 0 Å². The second kappa shape index (κ2) is 31.8. The van der Waals surface area contributed by atoms with E-state index in [4.69, 9.17) is 52.0 Å². The molecule has 0 aliphatic carbocycles. The first-order valence-electron chi connectivity index (χ1n) is 32.5. The van der Waals surface area contributed by atoms with E-state index >= 15 is 0 Å². The zero-order chi connectivity index (χ0) is 73.0. The molecule has 0 aliphatic heterocycles. The monoisotopic (exact) mass is 1440 g/mol. The molecule has 2 radical (unpaired) electrons. The minimum Gasteiger partial charge on any atom is -0.400 e. The van der Waals surface area contributed by atoms with Crippen molar-refractivity contribution < 1.29 is 105 Å². The molecule has 0 saturated carbocycles. The zero-order valence-corrected chi connectivity index (χ0v) is 47.0. The quantitative estimate of drug-likeness (QED) is 0.0852. The van der Waals surface area contributed by atoms with Crippen LogP contribution in [0.15, 0.2) is 170 Å². The molecule has 408 valence electrons. The number of rotatable bonds is 6. The second-order valence-electron chi connectivity index (χ2n) is 15.4. The van der Waals surface area contributed by atoms with Crippen LogP contribution < -0.4 is 0 Å². The van der Waals surface area contributed by atoms with Gasteiger partial charge in [0.2, 0.25) is 0 Å². The Morgan fingerprint density at radius 2 is 0.779 bits per heavy atom. The summed E-state index contributed by atoms with van der Waals surface area (Å²) in [6.07, 6.45) is 4.77. The van der Waals surface area contributed by atoms with Crippen molar-refractivity contribution in [2.24, 2.45) is 0 Å². The molecule has 9 rings (SSSR count). The van der Waals surface area contributed by atoms with Gasteiger partial charge < -0.3 is 20.2 Å². The summed E-state index contributed by atoms with van der Waals surface area (Å²) in [6.45, 7) is -14.5. The van der Waals surface area contributed by atoms with Gasteiger partial charge in [0.15, 0.2) is 0 Å².